The van der Waals surface area contributed by atoms with Gasteiger partial charge in [0, 0.05) is 22.9 Å². The topological polar surface area (TPSA) is 87.3 Å². The van der Waals surface area contributed by atoms with E-state index in [1.807, 2.05) is 13.8 Å². The molecule has 0 aromatic heterocycles. The Morgan fingerprint density at radius 1 is 0.966 bits per heavy atom. The highest BCUT2D eigenvalue weighted by Gasteiger charge is 2.26. The van der Waals surface area contributed by atoms with Gasteiger partial charge in [-0.15, -0.1) is 0 Å². The van der Waals surface area contributed by atoms with E-state index in [0.29, 0.717) is 11.3 Å². The zero-order chi connectivity index (χ0) is 21.0. The van der Waals surface area contributed by atoms with Crippen molar-refractivity contribution in [2.45, 2.75) is 38.8 Å². The lowest BCUT2D eigenvalue weighted by Gasteiger charge is -2.22. The van der Waals surface area contributed by atoms with Crippen molar-refractivity contribution in [1.29, 1.82) is 0 Å². The quantitative estimate of drug-likeness (QED) is 0.671. The first kappa shape index (κ1) is 20.5. The minimum atomic E-state index is -0.795. The molecule has 6 nitrogen and oxygen atoms in total. The van der Waals surface area contributed by atoms with Crippen molar-refractivity contribution in [2.24, 2.45) is 5.92 Å². The molecule has 1 saturated carbocycles. The van der Waals surface area contributed by atoms with Crippen LogP contribution in [0.2, 0.25) is 0 Å². The molecule has 0 radical (unpaired) electrons. The number of halogens is 1. The van der Waals surface area contributed by atoms with Crippen molar-refractivity contribution in [2.75, 3.05) is 5.32 Å². The van der Waals surface area contributed by atoms with Gasteiger partial charge < -0.3 is 16.0 Å². The fraction of sp³-hybridized carbons (Fsp3) is 0.318. The Hall–Kier alpha value is -3.22. The highest BCUT2D eigenvalue weighted by Crippen LogP contribution is 2.20. The largest absolute Gasteiger partial charge is 0.349 e. The van der Waals surface area contributed by atoms with E-state index >= 15 is 0 Å². The van der Waals surface area contributed by atoms with Crippen LogP contribution in [0.15, 0.2) is 48.5 Å². The van der Waals surface area contributed by atoms with E-state index in [9.17, 15) is 18.8 Å². The number of carbonyl (C=O) groups excluding carboxylic acids is 3. The molecule has 3 amide bonds. The van der Waals surface area contributed by atoms with Crippen molar-refractivity contribution >= 4 is 23.4 Å². The van der Waals surface area contributed by atoms with Gasteiger partial charge in [0.2, 0.25) is 5.91 Å². The van der Waals surface area contributed by atoms with Crippen LogP contribution in [-0.2, 0) is 4.79 Å². The van der Waals surface area contributed by atoms with Crippen LogP contribution in [-0.4, -0.2) is 29.8 Å². The summed E-state index contributed by atoms with van der Waals surface area (Å²) in [5.41, 5.74) is 1.20. The van der Waals surface area contributed by atoms with E-state index in [0.717, 1.165) is 12.8 Å². The van der Waals surface area contributed by atoms with Crippen molar-refractivity contribution in [3.8, 4) is 0 Å². The van der Waals surface area contributed by atoms with Gasteiger partial charge in [0.15, 0.2) is 0 Å². The Kier molecular flexibility index (Phi) is 6.26. The Morgan fingerprint density at radius 3 is 2.28 bits per heavy atom. The summed E-state index contributed by atoms with van der Waals surface area (Å²) < 4.78 is 13.0. The zero-order valence-electron chi connectivity index (χ0n) is 16.4. The van der Waals surface area contributed by atoms with E-state index in [1.54, 1.807) is 24.3 Å². The number of benzene rings is 2. The van der Waals surface area contributed by atoms with Crippen molar-refractivity contribution in [3.63, 3.8) is 0 Å². The third-order valence-electron chi connectivity index (χ3n) is 4.65. The number of hydrogen-bond donors (Lipinski definition) is 3. The summed E-state index contributed by atoms with van der Waals surface area (Å²) in [6.07, 6.45) is 1.98. The molecule has 1 atom stereocenters. The van der Waals surface area contributed by atoms with Gasteiger partial charge in [-0.1, -0.05) is 19.9 Å². The molecule has 7 heteroatoms. The molecule has 152 valence electrons. The van der Waals surface area contributed by atoms with E-state index < -0.39 is 23.7 Å². The lowest BCUT2D eigenvalue weighted by atomic mass is 10.0. The van der Waals surface area contributed by atoms with E-state index in [4.69, 9.17) is 0 Å². The number of amides is 3. The molecule has 2 aromatic carbocycles. The predicted molar refractivity (Wildman–Crippen MR) is 108 cm³/mol. The number of rotatable bonds is 7. The first-order valence-electron chi connectivity index (χ1n) is 9.61. The summed E-state index contributed by atoms with van der Waals surface area (Å²) in [6.45, 7) is 3.63. The summed E-state index contributed by atoms with van der Waals surface area (Å²) in [5, 5.41) is 8.36. The molecule has 29 heavy (non-hydrogen) atoms. The molecule has 3 rings (SSSR count). The summed E-state index contributed by atoms with van der Waals surface area (Å²) in [6, 6.07) is 11.2. The molecular weight excluding hydrogens is 373 g/mol. The monoisotopic (exact) mass is 397 g/mol. The molecular formula is C22H24FN3O3. The maximum atomic E-state index is 13.0. The van der Waals surface area contributed by atoms with Crippen LogP contribution in [0.1, 0.15) is 47.4 Å². The molecule has 0 bridgehead atoms. The Bertz CT molecular complexity index is 908. The third kappa shape index (κ3) is 5.63. The SMILES string of the molecule is CC(C)[C@H](NC(=O)c1ccc(F)cc1)C(=O)Nc1cccc(C(=O)NC2CC2)c1. The summed E-state index contributed by atoms with van der Waals surface area (Å²) in [4.78, 5) is 37.4. The van der Waals surface area contributed by atoms with Crippen LogP contribution in [0.25, 0.3) is 0 Å². The van der Waals surface area contributed by atoms with Crippen LogP contribution in [0.3, 0.4) is 0 Å². The van der Waals surface area contributed by atoms with Crippen molar-refractivity contribution in [1.82, 2.24) is 10.6 Å². The highest BCUT2D eigenvalue weighted by molar-refractivity contribution is 6.02. The lowest BCUT2D eigenvalue weighted by Crippen LogP contribution is -2.47. The summed E-state index contributed by atoms with van der Waals surface area (Å²) >= 11 is 0. The summed E-state index contributed by atoms with van der Waals surface area (Å²) in [7, 11) is 0. The van der Waals surface area contributed by atoms with Crippen LogP contribution in [0.4, 0.5) is 10.1 Å². The normalized spacial score (nSPS) is 14.2. The van der Waals surface area contributed by atoms with Gasteiger partial charge in [0.1, 0.15) is 11.9 Å². The van der Waals surface area contributed by atoms with Gasteiger partial charge in [-0.25, -0.2) is 4.39 Å². The maximum Gasteiger partial charge on any atom is 0.251 e. The minimum absolute atomic E-state index is 0.173. The lowest BCUT2D eigenvalue weighted by molar-refractivity contribution is -0.118. The van der Waals surface area contributed by atoms with Gasteiger partial charge in [-0.05, 0) is 61.2 Å². The van der Waals surface area contributed by atoms with Gasteiger partial charge in [0.05, 0.1) is 0 Å². The molecule has 3 N–H and O–H groups in total. The van der Waals surface area contributed by atoms with Crippen molar-refractivity contribution in [3.05, 3.63) is 65.5 Å². The van der Waals surface area contributed by atoms with Gasteiger partial charge in [-0.3, -0.25) is 14.4 Å². The molecule has 1 aliphatic carbocycles. The molecule has 2 aromatic rings. The Balaban J connectivity index is 1.67. The fourth-order valence-corrected chi connectivity index (χ4v) is 2.82. The fourth-order valence-electron chi connectivity index (χ4n) is 2.82. The van der Waals surface area contributed by atoms with Crippen molar-refractivity contribution < 1.29 is 18.8 Å². The first-order chi connectivity index (χ1) is 13.8. The van der Waals surface area contributed by atoms with Crippen LogP contribution < -0.4 is 16.0 Å². The van der Waals surface area contributed by atoms with Crippen LogP contribution >= 0.6 is 0 Å². The second-order valence-corrected chi connectivity index (χ2v) is 7.52. The minimum Gasteiger partial charge on any atom is -0.349 e. The summed E-state index contributed by atoms with van der Waals surface area (Å²) in [5.74, 6) is -1.65. The average Bonchev–Trinajstić information content (AvgIpc) is 3.50. The number of hydrogen-bond acceptors (Lipinski definition) is 3. The number of carbonyl (C=O) groups is 3. The zero-order valence-corrected chi connectivity index (χ0v) is 16.4. The van der Waals surface area contributed by atoms with E-state index in [2.05, 4.69) is 16.0 Å². The third-order valence-corrected chi connectivity index (χ3v) is 4.65. The second kappa shape index (κ2) is 8.86. The van der Waals surface area contributed by atoms with E-state index in [-0.39, 0.29) is 23.4 Å². The standard InChI is InChI=1S/C22H24FN3O3/c1-13(2)19(26-20(27)14-6-8-16(23)9-7-14)22(29)25-18-5-3-4-15(12-18)21(28)24-17-10-11-17/h3-9,12-13,17,19H,10-11H2,1-2H3,(H,24,28)(H,25,29)(H,26,27)/t19-/m0/s1. The number of anilines is 1. The van der Waals surface area contributed by atoms with Gasteiger partial charge >= 0.3 is 0 Å². The van der Waals surface area contributed by atoms with Gasteiger partial charge in [-0.2, -0.15) is 0 Å². The maximum absolute atomic E-state index is 13.0. The Labute approximate surface area is 168 Å². The van der Waals surface area contributed by atoms with Crippen LogP contribution in [0.5, 0.6) is 0 Å². The average molecular weight is 397 g/mol. The predicted octanol–water partition coefficient (Wildman–Crippen LogP) is 3.11. The molecule has 1 aliphatic rings. The molecule has 0 aliphatic heterocycles. The smallest absolute Gasteiger partial charge is 0.251 e. The molecule has 0 saturated heterocycles. The van der Waals surface area contributed by atoms with Gasteiger partial charge in [0.25, 0.3) is 11.8 Å². The van der Waals surface area contributed by atoms with E-state index in [1.165, 1.54) is 24.3 Å². The molecule has 0 unspecified atom stereocenters. The molecule has 1 fully saturated rings. The van der Waals surface area contributed by atoms with Crippen LogP contribution in [0, 0.1) is 11.7 Å². The Morgan fingerprint density at radius 2 is 1.66 bits per heavy atom. The molecule has 0 spiro atoms. The first-order valence-corrected chi connectivity index (χ1v) is 9.61. The molecule has 0 heterocycles. The highest BCUT2D eigenvalue weighted by atomic mass is 19.1. The number of nitrogens with one attached hydrogen (secondary N) is 3. The second-order valence-electron chi connectivity index (χ2n) is 7.52.